The summed E-state index contributed by atoms with van der Waals surface area (Å²) in [6, 6.07) is 0. The third-order valence-electron chi connectivity index (χ3n) is 5.13. The molecule has 1 fully saturated rings. The van der Waals surface area contributed by atoms with Crippen molar-refractivity contribution in [3.05, 3.63) is 11.7 Å². The summed E-state index contributed by atoms with van der Waals surface area (Å²) in [7, 11) is 1.65. The minimum Gasteiger partial charge on any atom is -0.481 e. The van der Waals surface area contributed by atoms with Gasteiger partial charge in [0.05, 0.1) is 0 Å². The summed E-state index contributed by atoms with van der Waals surface area (Å²) in [6.45, 7) is 1.89. The molecule has 0 saturated heterocycles. The lowest BCUT2D eigenvalue weighted by Gasteiger charge is -2.30. The van der Waals surface area contributed by atoms with E-state index in [4.69, 9.17) is 9.63 Å². The Morgan fingerprint density at radius 3 is 2.46 bits per heavy atom. The molecule has 0 bridgehead atoms. The van der Waals surface area contributed by atoms with E-state index in [0.717, 1.165) is 38.5 Å². The van der Waals surface area contributed by atoms with E-state index in [1.165, 1.54) is 11.8 Å². The largest absolute Gasteiger partial charge is 0.481 e. The second-order valence-corrected chi connectivity index (χ2v) is 7.50. The van der Waals surface area contributed by atoms with Crippen molar-refractivity contribution in [1.82, 2.24) is 20.4 Å². The lowest BCUT2D eigenvalue weighted by molar-refractivity contribution is -0.138. The van der Waals surface area contributed by atoms with Crippen molar-refractivity contribution in [2.24, 2.45) is 0 Å². The Bertz CT molecular complexity index is 680. The molecule has 0 spiro atoms. The Kier molecular flexibility index (Phi) is 7.95. The predicted molar refractivity (Wildman–Crippen MR) is 100 cm³/mol. The SMILES string of the molecule is CC(=O)NC1(c2noc(CCC(=O)N(C)CCCC(=O)O)n2)CCCCCC1. The summed E-state index contributed by atoms with van der Waals surface area (Å²) >= 11 is 0. The highest BCUT2D eigenvalue weighted by atomic mass is 16.5. The number of carboxylic acid groups (broad SMARTS) is 1. The first kappa shape index (κ1) is 21.8. The fourth-order valence-electron chi connectivity index (χ4n) is 3.62. The normalized spacial score (nSPS) is 16.2. The summed E-state index contributed by atoms with van der Waals surface area (Å²) in [4.78, 5) is 40.5. The Morgan fingerprint density at radius 2 is 1.86 bits per heavy atom. The molecule has 0 atom stereocenters. The molecule has 1 aromatic rings. The van der Waals surface area contributed by atoms with Crippen LogP contribution in [0.2, 0.25) is 0 Å². The van der Waals surface area contributed by atoms with Crippen molar-refractivity contribution in [2.45, 2.75) is 76.7 Å². The van der Waals surface area contributed by atoms with Crippen molar-refractivity contribution < 1.29 is 24.0 Å². The summed E-state index contributed by atoms with van der Waals surface area (Å²) in [5.74, 6) is -0.230. The van der Waals surface area contributed by atoms with E-state index in [-0.39, 0.29) is 24.7 Å². The van der Waals surface area contributed by atoms with Crippen LogP contribution in [0.3, 0.4) is 0 Å². The number of nitrogens with zero attached hydrogens (tertiary/aromatic N) is 3. The number of hydrogen-bond donors (Lipinski definition) is 2. The summed E-state index contributed by atoms with van der Waals surface area (Å²) in [6.07, 6.45) is 6.74. The van der Waals surface area contributed by atoms with Crippen LogP contribution in [0.15, 0.2) is 4.52 Å². The average molecular weight is 394 g/mol. The maximum Gasteiger partial charge on any atom is 0.303 e. The number of carbonyl (C=O) groups is 3. The molecule has 2 amide bonds. The van der Waals surface area contributed by atoms with Crippen LogP contribution >= 0.6 is 0 Å². The van der Waals surface area contributed by atoms with Crippen molar-refractivity contribution in [2.75, 3.05) is 13.6 Å². The molecule has 2 N–H and O–H groups in total. The first-order chi connectivity index (χ1) is 13.3. The van der Waals surface area contributed by atoms with Gasteiger partial charge in [0.15, 0.2) is 5.82 Å². The molecule has 2 rings (SSSR count). The highest BCUT2D eigenvalue weighted by Gasteiger charge is 2.38. The van der Waals surface area contributed by atoms with Gasteiger partial charge in [-0.3, -0.25) is 14.4 Å². The second-order valence-electron chi connectivity index (χ2n) is 7.50. The van der Waals surface area contributed by atoms with Gasteiger partial charge in [0, 0.05) is 39.8 Å². The van der Waals surface area contributed by atoms with E-state index in [9.17, 15) is 14.4 Å². The topological polar surface area (TPSA) is 126 Å². The first-order valence-electron chi connectivity index (χ1n) is 9.90. The van der Waals surface area contributed by atoms with E-state index in [2.05, 4.69) is 15.5 Å². The molecule has 1 heterocycles. The standard InChI is InChI=1S/C19H30N4O5/c1-14(24)21-19(11-5-3-4-6-12-19)18-20-15(28-22-18)9-10-16(25)23(2)13-7-8-17(26)27/h3-13H2,1-2H3,(H,21,24)(H,26,27). The zero-order valence-corrected chi connectivity index (χ0v) is 16.7. The van der Waals surface area contributed by atoms with Gasteiger partial charge >= 0.3 is 5.97 Å². The van der Waals surface area contributed by atoms with E-state index >= 15 is 0 Å². The quantitative estimate of drug-likeness (QED) is 0.614. The Labute approximate surface area is 164 Å². The predicted octanol–water partition coefficient (Wildman–Crippen LogP) is 2.01. The third-order valence-corrected chi connectivity index (χ3v) is 5.13. The van der Waals surface area contributed by atoms with E-state index in [1.807, 2.05) is 0 Å². The number of nitrogens with one attached hydrogen (secondary N) is 1. The van der Waals surface area contributed by atoms with Gasteiger partial charge in [0.25, 0.3) is 0 Å². The van der Waals surface area contributed by atoms with Gasteiger partial charge in [-0.05, 0) is 19.3 Å². The van der Waals surface area contributed by atoms with Crippen molar-refractivity contribution in [3.63, 3.8) is 0 Å². The van der Waals surface area contributed by atoms with Gasteiger partial charge < -0.3 is 19.8 Å². The van der Waals surface area contributed by atoms with Gasteiger partial charge in [-0.15, -0.1) is 0 Å². The zero-order valence-electron chi connectivity index (χ0n) is 16.7. The van der Waals surface area contributed by atoms with Gasteiger partial charge in [0.1, 0.15) is 5.54 Å². The molecule has 28 heavy (non-hydrogen) atoms. The van der Waals surface area contributed by atoms with E-state index in [1.54, 1.807) is 7.05 Å². The Balaban J connectivity index is 1.95. The lowest BCUT2D eigenvalue weighted by Crippen LogP contribution is -2.45. The van der Waals surface area contributed by atoms with E-state index < -0.39 is 11.5 Å². The highest BCUT2D eigenvalue weighted by Crippen LogP contribution is 2.34. The van der Waals surface area contributed by atoms with Crippen molar-refractivity contribution >= 4 is 17.8 Å². The molecule has 9 nitrogen and oxygen atoms in total. The number of carboxylic acids is 1. The van der Waals surface area contributed by atoms with Gasteiger partial charge in [-0.25, -0.2) is 0 Å². The first-order valence-corrected chi connectivity index (χ1v) is 9.90. The summed E-state index contributed by atoms with van der Waals surface area (Å²) in [5, 5.41) is 15.8. The minimum absolute atomic E-state index is 0.0376. The van der Waals surface area contributed by atoms with Crippen LogP contribution in [0.1, 0.15) is 76.4 Å². The molecule has 9 heteroatoms. The fraction of sp³-hybridized carbons (Fsp3) is 0.737. The average Bonchev–Trinajstić information content (AvgIpc) is 2.99. The van der Waals surface area contributed by atoms with Crippen molar-refractivity contribution in [3.8, 4) is 0 Å². The lowest BCUT2D eigenvalue weighted by atomic mass is 9.89. The van der Waals surface area contributed by atoms with Crippen LogP contribution < -0.4 is 5.32 Å². The summed E-state index contributed by atoms with van der Waals surface area (Å²) in [5.41, 5.74) is -0.596. The molecule has 1 aromatic heterocycles. The minimum atomic E-state index is -0.870. The third kappa shape index (κ3) is 6.31. The molecule has 0 aliphatic heterocycles. The molecule has 156 valence electrons. The highest BCUT2D eigenvalue weighted by molar-refractivity contribution is 5.76. The van der Waals surface area contributed by atoms with Crippen molar-refractivity contribution in [1.29, 1.82) is 0 Å². The molecule has 0 radical (unpaired) electrons. The van der Waals surface area contributed by atoms with Crippen LogP contribution in [-0.4, -0.2) is 51.5 Å². The van der Waals surface area contributed by atoms with E-state index in [0.29, 0.717) is 31.1 Å². The molecule has 0 unspecified atom stereocenters. The van der Waals surface area contributed by atoms with Crippen LogP contribution in [0.25, 0.3) is 0 Å². The second kappa shape index (κ2) is 10.2. The van der Waals surface area contributed by atoms with Crippen LogP contribution in [0.4, 0.5) is 0 Å². The van der Waals surface area contributed by atoms with Gasteiger partial charge in [-0.1, -0.05) is 30.8 Å². The van der Waals surface area contributed by atoms with Crippen LogP contribution in [0, 0.1) is 0 Å². The molecular weight excluding hydrogens is 364 g/mol. The molecular formula is C19H30N4O5. The van der Waals surface area contributed by atoms with Gasteiger partial charge in [0.2, 0.25) is 17.7 Å². The number of amides is 2. The van der Waals surface area contributed by atoms with Gasteiger partial charge in [-0.2, -0.15) is 4.98 Å². The molecule has 1 aliphatic rings. The molecule has 1 saturated carbocycles. The molecule has 0 aromatic carbocycles. The van der Waals surface area contributed by atoms with Crippen LogP contribution in [0.5, 0.6) is 0 Å². The maximum absolute atomic E-state index is 12.2. The number of aromatic nitrogens is 2. The number of aryl methyl sites for hydroxylation is 1. The van der Waals surface area contributed by atoms with Crippen LogP contribution in [-0.2, 0) is 26.3 Å². The smallest absolute Gasteiger partial charge is 0.303 e. The Hall–Kier alpha value is -2.45. The number of carbonyl (C=O) groups excluding carboxylic acids is 2. The maximum atomic E-state index is 12.2. The fourth-order valence-corrected chi connectivity index (χ4v) is 3.62. The monoisotopic (exact) mass is 394 g/mol. The summed E-state index contributed by atoms with van der Waals surface area (Å²) < 4.78 is 5.35. The Morgan fingerprint density at radius 1 is 1.18 bits per heavy atom. The molecule has 1 aliphatic carbocycles. The number of rotatable bonds is 9. The number of hydrogen-bond acceptors (Lipinski definition) is 6. The zero-order chi connectivity index (χ0) is 20.6. The number of aliphatic carboxylic acids is 1.